The smallest absolute Gasteiger partial charge is 0.0784 e. The number of nitrogens with zero attached hydrogens (tertiary/aromatic N) is 3. The van der Waals surface area contributed by atoms with E-state index in [1.807, 2.05) is 6.92 Å². The number of hydrogen-bond acceptors (Lipinski definition) is 4. The molecule has 0 spiro atoms. The van der Waals surface area contributed by atoms with Gasteiger partial charge in [-0.25, -0.2) is 0 Å². The number of rotatable bonds is 3. The van der Waals surface area contributed by atoms with Gasteiger partial charge < -0.3 is 5.73 Å². The van der Waals surface area contributed by atoms with Gasteiger partial charge in [0.2, 0.25) is 0 Å². The first-order chi connectivity index (χ1) is 8.63. The molecule has 4 nitrogen and oxygen atoms in total. The number of piperidine rings is 1. The van der Waals surface area contributed by atoms with Gasteiger partial charge in [0.1, 0.15) is 0 Å². The Morgan fingerprint density at radius 3 is 2.83 bits per heavy atom. The lowest BCUT2D eigenvalue weighted by molar-refractivity contribution is 0.112. The van der Waals surface area contributed by atoms with Crippen LogP contribution in [0.4, 0.5) is 0 Å². The van der Waals surface area contributed by atoms with Crippen molar-refractivity contribution in [2.75, 3.05) is 13.1 Å². The topological polar surface area (TPSA) is 55.0 Å². The molecule has 2 heterocycles. The largest absolute Gasteiger partial charge is 0.327 e. The minimum Gasteiger partial charge on any atom is -0.327 e. The van der Waals surface area contributed by atoms with Crippen LogP contribution in [0.2, 0.25) is 0 Å². The van der Waals surface area contributed by atoms with Crippen LogP contribution in [-0.4, -0.2) is 34.0 Å². The van der Waals surface area contributed by atoms with Crippen molar-refractivity contribution in [2.45, 2.75) is 45.7 Å². The Morgan fingerprint density at radius 1 is 1.44 bits per heavy atom. The van der Waals surface area contributed by atoms with E-state index in [-0.39, 0.29) is 0 Å². The van der Waals surface area contributed by atoms with Gasteiger partial charge in [-0.2, -0.15) is 0 Å². The highest BCUT2D eigenvalue weighted by Gasteiger charge is 2.29. The van der Waals surface area contributed by atoms with Gasteiger partial charge in [0.25, 0.3) is 0 Å². The maximum absolute atomic E-state index is 6.17. The van der Waals surface area contributed by atoms with Gasteiger partial charge in [0.15, 0.2) is 0 Å². The van der Waals surface area contributed by atoms with Gasteiger partial charge in [-0.15, -0.1) is 0 Å². The summed E-state index contributed by atoms with van der Waals surface area (Å²) >= 11 is 0. The molecular formula is C14H24N4. The molecule has 4 heteroatoms. The Labute approximate surface area is 110 Å². The summed E-state index contributed by atoms with van der Waals surface area (Å²) in [5.41, 5.74) is 8.30. The molecule has 100 valence electrons. The van der Waals surface area contributed by atoms with Crippen molar-refractivity contribution in [3.63, 3.8) is 0 Å². The fraction of sp³-hybridized carbons (Fsp3) is 0.714. The summed E-state index contributed by atoms with van der Waals surface area (Å²) in [5, 5.41) is 0. The van der Waals surface area contributed by atoms with Crippen LogP contribution >= 0.6 is 0 Å². The summed E-state index contributed by atoms with van der Waals surface area (Å²) in [6.45, 7) is 8.63. The monoisotopic (exact) mass is 248 g/mol. The molecule has 2 N–H and O–H groups in total. The maximum atomic E-state index is 6.17. The average molecular weight is 248 g/mol. The van der Waals surface area contributed by atoms with Crippen molar-refractivity contribution in [2.24, 2.45) is 11.7 Å². The van der Waals surface area contributed by atoms with Crippen LogP contribution in [0.15, 0.2) is 12.4 Å². The third kappa shape index (κ3) is 2.70. The van der Waals surface area contributed by atoms with Crippen molar-refractivity contribution in [3.8, 4) is 0 Å². The van der Waals surface area contributed by atoms with Crippen LogP contribution in [0.3, 0.4) is 0 Å². The van der Waals surface area contributed by atoms with Crippen molar-refractivity contribution < 1.29 is 0 Å². The molecule has 3 unspecified atom stereocenters. The molecule has 1 aliphatic rings. The summed E-state index contributed by atoms with van der Waals surface area (Å²) < 4.78 is 0. The molecule has 18 heavy (non-hydrogen) atoms. The first-order valence-electron chi connectivity index (χ1n) is 6.90. The van der Waals surface area contributed by atoms with Gasteiger partial charge in [-0.05, 0) is 26.2 Å². The minimum absolute atomic E-state index is 0.334. The van der Waals surface area contributed by atoms with Gasteiger partial charge in [-0.3, -0.25) is 14.9 Å². The Kier molecular flexibility index (Phi) is 4.30. The van der Waals surface area contributed by atoms with Crippen LogP contribution in [0.1, 0.15) is 44.1 Å². The standard InChI is InChI=1S/C14H24N4/c1-4-12-9-18(8-5-13(12)15)11(3)14-10(2)16-6-7-17-14/h6-7,11-13H,4-5,8-9,15H2,1-3H3. The zero-order chi connectivity index (χ0) is 13.1. The van der Waals surface area contributed by atoms with E-state index in [2.05, 4.69) is 28.7 Å². The fourth-order valence-electron chi connectivity index (χ4n) is 2.86. The second-order valence-electron chi connectivity index (χ2n) is 5.32. The molecule has 0 radical (unpaired) electrons. The van der Waals surface area contributed by atoms with E-state index in [1.165, 1.54) is 0 Å². The normalized spacial score (nSPS) is 27.1. The second-order valence-corrected chi connectivity index (χ2v) is 5.32. The highest BCUT2D eigenvalue weighted by molar-refractivity contribution is 5.13. The third-order valence-corrected chi connectivity index (χ3v) is 4.21. The van der Waals surface area contributed by atoms with Crippen LogP contribution in [0.5, 0.6) is 0 Å². The number of aryl methyl sites for hydroxylation is 1. The predicted molar refractivity (Wildman–Crippen MR) is 73.1 cm³/mol. The first-order valence-corrected chi connectivity index (χ1v) is 6.90. The van der Waals surface area contributed by atoms with E-state index < -0.39 is 0 Å². The Morgan fingerprint density at radius 2 is 2.17 bits per heavy atom. The summed E-state index contributed by atoms with van der Waals surface area (Å²) in [5.74, 6) is 0.609. The molecule has 0 aromatic carbocycles. The van der Waals surface area contributed by atoms with Crippen molar-refractivity contribution in [1.82, 2.24) is 14.9 Å². The summed E-state index contributed by atoms with van der Waals surface area (Å²) in [7, 11) is 0. The Balaban J connectivity index is 2.10. The molecule has 1 aromatic rings. The molecule has 1 saturated heterocycles. The van der Waals surface area contributed by atoms with Gasteiger partial charge in [0.05, 0.1) is 17.4 Å². The Hall–Kier alpha value is -1.00. The van der Waals surface area contributed by atoms with E-state index in [4.69, 9.17) is 5.73 Å². The maximum Gasteiger partial charge on any atom is 0.0784 e. The van der Waals surface area contributed by atoms with Gasteiger partial charge in [-0.1, -0.05) is 13.3 Å². The molecule has 3 atom stereocenters. The first kappa shape index (κ1) is 13.4. The van der Waals surface area contributed by atoms with E-state index >= 15 is 0 Å². The fourth-order valence-corrected chi connectivity index (χ4v) is 2.86. The molecule has 0 bridgehead atoms. The number of hydrogen-bond donors (Lipinski definition) is 1. The van der Waals surface area contributed by atoms with Gasteiger partial charge in [0, 0.05) is 31.5 Å². The lowest BCUT2D eigenvalue weighted by atomic mass is 9.89. The lowest BCUT2D eigenvalue weighted by Gasteiger charge is -2.39. The number of nitrogens with two attached hydrogens (primary N) is 1. The molecule has 2 rings (SSSR count). The van der Waals surface area contributed by atoms with Crippen LogP contribution in [0.25, 0.3) is 0 Å². The molecule has 0 aliphatic carbocycles. The average Bonchev–Trinajstić information content (AvgIpc) is 2.39. The van der Waals surface area contributed by atoms with E-state index in [9.17, 15) is 0 Å². The van der Waals surface area contributed by atoms with E-state index in [0.29, 0.717) is 18.0 Å². The molecular weight excluding hydrogens is 224 g/mol. The second kappa shape index (κ2) is 5.76. The van der Waals surface area contributed by atoms with Crippen molar-refractivity contribution in [3.05, 3.63) is 23.8 Å². The Bertz CT molecular complexity index is 393. The summed E-state index contributed by atoms with van der Waals surface area (Å²) in [6, 6.07) is 0.696. The molecule has 1 aromatic heterocycles. The zero-order valence-corrected chi connectivity index (χ0v) is 11.6. The minimum atomic E-state index is 0.334. The third-order valence-electron chi connectivity index (χ3n) is 4.21. The molecule has 1 fully saturated rings. The van der Waals surface area contributed by atoms with Crippen molar-refractivity contribution >= 4 is 0 Å². The van der Waals surface area contributed by atoms with Gasteiger partial charge >= 0.3 is 0 Å². The lowest BCUT2D eigenvalue weighted by Crippen LogP contribution is -2.47. The summed E-state index contributed by atoms with van der Waals surface area (Å²) in [4.78, 5) is 11.3. The molecule has 1 aliphatic heterocycles. The number of likely N-dealkylation sites (tertiary alicyclic amines) is 1. The quantitative estimate of drug-likeness (QED) is 0.887. The molecule has 0 saturated carbocycles. The van der Waals surface area contributed by atoms with Crippen LogP contribution in [-0.2, 0) is 0 Å². The highest BCUT2D eigenvalue weighted by Crippen LogP contribution is 2.27. The van der Waals surface area contributed by atoms with Crippen molar-refractivity contribution in [1.29, 1.82) is 0 Å². The van der Waals surface area contributed by atoms with E-state index in [1.54, 1.807) is 12.4 Å². The summed E-state index contributed by atoms with van der Waals surface area (Å²) in [6.07, 6.45) is 5.78. The predicted octanol–water partition coefficient (Wildman–Crippen LogP) is 1.91. The molecule has 0 amide bonds. The SMILES string of the molecule is CCC1CN(C(C)c2nccnc2C)CCC1N. The highest BCUT2D eigenvalue weighted by atomic mass is 15.2. The van der Waals surface area contributed by atoms with E-state index in [0.717, 1.165) is 37.3 Å². The number of aromatic nitrogens is 2. The van der Waals surface area contributed by atoms with Crippen LogP contribution < -0.4 is 5.73 Å². The van der Waals surface area contributed by atoms with Crippen LogP contribution in [0, 0.1) is 12.8 Å². The zero-order valence-electron chi connectivity index (χ0n) is 11.6.